The van der Waals surface area contributed by atoms with E-state index < -0.39 is 0 Å². The fourth-order valence-electron chi connectivity index (χ4n) is 2.79. The van der Waals surface area contributed by atoms with Crippen LogP contribution in [0.5, 0.6) is 0 Å². The number of nitrogens with one attached hydrogen (secondary N) is 1. The van der Waals surface area contributed by atoms with Crippen LogP contribution in [0.3, 0.4) is 0 Å². The minimum absolute atomic E-state index is 0.892. The maximum atomic E-state index is 6.18. The Bertz CT molecular complexity index is 787. The van der Waals surface area contributed by atoms with Gasteiger partial charge in [-0.3, -0.25) is 0 Å². The summed E-state index contributed by atoms with van der Waals surface area (Å²) in [7, 11) is 0. The lowest BCUT2D eigenvalue weighted by atomic mass is 10.1. The summed E-state index contributed by atoms with van der Waals surface area (Å²) in [6.45, 7) is 0. The smallest absolute Gasteiger partial charge is 0.141 e. The van der Waals surface area contributed by atoms with Gasteiger partial charge in [-0.15, -0.1) is 11.3 Å². The molecule has 3 nitrogen and oxygen atoms in total. The van der Waals surface area contributed by atoms with Crippen LogP contribution in [0.4, 0.5) is 5.00 Å². The van der Waals surface area contributed by atoms with E-state index in [0.29, 0.717) is 0 Å². The molecule has 0 atom stereocenters. The number of halogens is 1. The van der Waals surface area contributed by atoms with Gasteiger partial charge in [0.25, 0.3) is 0 Å². The predicted octanol–water partition coefficient (Wildman–Crippen LogP) is 4.12. The Morgan fingerprint density at radius 3 is 3.11 bits per heavy atom. The molecule has 96 valence electrons. The highest BCUT2D eigenvalue weighted by Crippen LogP contribution is 2.42. The Labute approximate surface area is 123 Å². The third-order valence-corrected chi connectivity index (χ3v) is 5.24. The van der Waals surface area contributed by atoms with E-state index in [1.54, 1.807) is 11.3 Å². The van der Waals surface area contributed by atoms with Gasteiger partial charge >= 0.3 is 0 Å². The summed E-state index contributed by atoms with van der Waals surface area (Å²) in [5.41, 5.74) is 10.7. The van der Waals surface area contributed by atoms with Crippen molar-refractivity contribution in [2.75, 3.05) is 5.73 Å². The number of hydrogen-bond acceptors (Lipinski definition) is 3. The lowest BCUT2D eigenvalue weighted by molar-refractivity contribution is 0.915. The van der Waals surface area contributed by atoms with Crippen molar-refractivity contribution in [2.24, 2.45) is 0 Å². The van der Waals surface area contributed by atoms with Crippen LogP contribution in [0.15, 0.2) is 22.7 Å². The number of thiophene rings is 1. The number of rotatable bonds is 1. The minimum Gasteiger partial charge on any atom is -0.390 e. The quantitative estimate of drug-likeness (QED) is 0.703. The molecule has 1 aliphatic rings. The SMILES string of the molecule is Nc1sc2c(c1-c1nc3ccc(Br)cc3[nH]1)CCC2. The Kier molecular flexibility index (Phi) is 2.47. The van der Waals surface area contributed by atoms with E-state index in [1.165, 1.54) is 16.9 Å². The third-order valence-electron chi connectivity index (χ3n) is 3.63. The van der Waals surface area contributed by atoms with Gasteiger partial charge in [-0.25, -0.2) is 4.98 Å². The molecule has 4 rings (SSSR count). The zero-order valence-electron chi connectivity index (χ0n) is 10.2. The Morgan fingerprint density at radius 1 is 1.32 bits per heavy atom. The van der Waals surface area contributed by atoms with Gasteiger partial charge in [0, 0.05) is 9.35 Å². The topological polar surface area (TPSA) is 54.7 Å². The van der Waals surface area contributed by atoms with Crippen LogP contribution in [0, 0.1) is 0 Å². The summed E-state index contributed by atoms with van der Waals surface area (Å²) in [6.07, 6.45) is 3.52. The summed E-state index contributed by atoms with van der Waals surface area (Å²) < 4.78 is 1.05. The highest BCUT2D eigenvalue weighted by atomic mass is 79.9. The molecule has 0 unspecified atom stereocenters. The van der Waals surface area contributed by atoms with Crippen LogP contribution >= 0.6 is 27.3 Å². The number of aromatic amines is 1. The number of benzene rings is 1. The fourth-order valence-corrected chi connectivity index (χ4v) is 4.31. The molecule has 0 aliphatic heterocycles. The van der Waals surface area contributed by atoms with Crippen LogP contribution in [0.1, 0.15) is 16.9 Å². The van der Waals surface area contributed by atoms with Gasteiger partial charge in [-0.05, 0) is 43.0 Å². The molecule has 0 saturated heterocycles. The van der Waals surface area contributed by atoms with Crippen molar-refractivity contribution in [3.05, 3.63) is 33.1 Å². The van der Waals surface area contributed by atoms with E-state index in [2.05, 4.69) is 32.0 Å². The highest BCUT2D eigenvalue weighted by Gasteiger charge is 2.23. The van der Waals surface area contributed by atoms with Gasteiger partial charge < -0.3 is 10.7 Å². The van der Waals surface area contributed by atoms with Gasteiger partial charge in [0.1, 0.15) is 5.82 Å². The number of aromatic nitrogens is 2. The first-order chi connectivity index (χ1) is 9.22. The fraction of sp³-hybridized carbons (Fsp3) is 0.214. The molecule has 0 saturated carbocycles. The van der Waals surface area contributed by atoms with Crippen molar-refractivity contribution >= 4 is 43.3 Å². The summed E-state index contributed by atoms with van der Waals surface area (Å²) in [4.78, 5) is 9.52. The standard InChI is InChI=1S/C14H12BrN3S/c15-7-4-5-9-10(6-7)18-14(17-9)12-8-2-1-3-11(8)19-13(12)16/h4-6H,1-3,16H2,(H,17,18). The van der Waals surface area contributed by atoms with Crippen LogP contribution in [-0.2, 0) is 12.8 Å². The monoisotopic (exact) mass is 333 g/mol. The van der Waals surface area contributed by atoms with Crippen molar-refractivity contribution in [1.29, 1.82) is 0 Å². The van der Waals surface area contributed by atoms with E-state index >= 15 is 0 Å². The molecule has 0 fully saturated rings. The lowest BCUT2D eigenvalue weighted by Crippen LogP contribution is -1.89. The van der Waals surface area contributed by atoms with Crippen LogP contribution in [0.2, 0.25) is 0 Å². The van der Waals surface area contributed by atoms with Crippen molar-refractivity contribution in [2.45, 2.75) is 19.3 Å². The van der Waals surface area contributed by atoms with Crippen LogP contribution in [0.25, 0.3) is 22.4 Å². The molecule has 2 heterocycles. The molecule has 1 aromatic carbocycles. The second-order valence-corrected chi connectivity index (χ2v) is 6.90. The predicted molar refractivity (Wildman–Crippen MR) is 83.5 cm³/mol. The van der Waals surface area contributed by atoms with Gasteiger partial charge in [0.05, 0.1) is 21.6 Å². The number of hydrogen-bond donors (Lipinski definition) is 2. The normalized spacial score (nSPS) is 14.2. The molecule has 5 heteroatoms. The van der Waals surface area contributed by atoms with Crippen molar-refractivity contribution in [3.63, 3.8) is 0 Å². The van der Waals surface area contributed by atoms with E-state index in [-0.39, 0.29) is 0 Å². The number of fused-ring (bicyclic) bond motifs is 2. The zero-order valence-corrected chi connectivity index (χ0v) is 12.6. The molecule has 2 aromatic heterocycles. The summed E-state index contributed by atoms with van der Waals surface area (Å²) in [5, 5.41) is 0.892. The second kappa shape index (κ2) is 4.08. The number of nitrogens with zero attached hydrogens (tertiary/aromatic N) is 1. The number of nitrogens with two attached hydrogens (primary N) is 1. The van der Waals surface area contributed by atoms with Gasteiger partial charge in [-0.2, -0.15) is 0 Å². The minimum atomic E-state index is 0.892. The molecule has 0 radical (unpaired) electrons. The van der Waals surface area contributed by atoms with E-state index in [1.807, 2.05) is 12.1 Å². The molecular formula is C14H12BrN3S. The number of anilines is 1. The third kappa shape index (κ3) is 1.72. The number of nitrogen functional groups attached to an aromatic ring is 1. The van der Waals surface area contributed by atoms with Crippen molar-refractivity contribution in [1.82, 2.24) is 9.97 Å². The summed E-state index contributed by atoms with van der Waals surface area (Å²) in [5.74, 6) is 0.907. The first-order valence-electron chi connectivity index (χ1n) is 6.28. The summed E-state index contributed by atoms with van der Waals surface area (Å²) >= 11 is 5.20. The van der Waals surface area contributed by atoms with E-state index in [9.17, 15) is 0 Å². The van der Waals surface area contributed by atoms with Crippen molar-refractivity contribution in [3.8, 4) is 11.4 Å². The van der Waals surface area contributed by atoms with Gasteiger partial charge in [-0.1, -0.05) is 15.9 Å². The second-order valence-electron chi connectivity index (χ2n) is 4.84. The van der Waals surface area contributed by atoms with Gasteiger partial charge in [0.15, 0.2) is 0 Å². The molecule has 3 aromatic rings. The molecule has 0 bridgehead atoms. The molecule has 19 heavy (non-hydrogen) atoms. The zero-order chi connectivity index (χ0) is 13.0. The molecule has 0 spiro atoms. The average Bonchev–Trinajstić information content (AvgIpc) is 3.01. The number of aryl methyl sites for hydroxylation is 1. The average molecular weight is 334 g/mol. The van der Waals surface area contributed by atoms with Crippen LogP contribution in [-0.4, -0.2) is 9.97 Å². The number of imidazole rings is 1. The van der Waals surface area contributed by atoms with Crippen LogP contribution < -0.4 is 5.73 Å². The number of H-pyrrole nitrogens is 1. The Balaban J connectivity index is 1.95. The van der Waals surface area contributed by atoms with Gasteiger partial charge in [0.2, 0.25) is 0 Å². The maximum absolute atomic E-state index is 6.18. The molecular weight excluding hydrogens is 322 g/mol. The first-order valence-corrected chi connectivity index (χ1v) is 7.89. The molecule has 0 amide bonds. The highest BCUT2D eigenvalue weighted by molar-refractivity contribution is 9.10. The Hall–Kier alpha value is -1.33. The lowest BCUT2D eigenvalue weighted by Gasteiger charge is -1.98. The Morgan fingerprint density at radius 2 is 2.21 bits per heavy atom. The van der Waals surface area contributed by atoms with E-state index in [0.717, 1.165) is 44.7 Å². The molecule has 3 N–H and O–H groups in total. The maximum Gasteiger partial charge on any atom is 0.141 e. The largest absolute Gasteiger partial charge is 0.390 e. The van der Waals surface area contributed by atoms with Crippen molar-refractivity contribution < 1.29 is 0 Å². The molecule has 1 aliphatic carbocycles. The summed E-state index contributed by atoms with van der Waals surface area (Å²) in [6, 6.07) is 6.07. The first kappa shape index (κ1) is 11.5. The van der Waals surface area contributed by atoms with E-state index in [4.69, 9.17) is 5.73 Å².